The topological polar surface area (TPSA) is 90.5 Å². The molecule has 1 aromatic heterocycles. The van der Waals surface area contributed by atoms with E-state index in [2.05, 4.69) is 26.1 Å². The van der Waals surface area contributed by atoms with Gasteiger partial charge in [0.2, 0.25) is 5.89 Å². The number of nitrogens with zero attached hydrogens (tertiary/aromatic N) is 2. The smallest absolute Gasteiger partial charge is 0.241 e. The number of methoxy groups -OCH3 is 2. The second-order valence-electron chi connectivity index (χ2n) is 7.54. The number of aromatic nitrogens is 2. The zero-order valence-corrected chi connectivity index (χ0v) is 20.1. The van der Waals surface area contributed by atoms with Crippen molar-refractivity contribution in [2.24, 2.45) is 0 Å². The number of halogens is 2. The van der Waals surface area contributed by atoms with E-state index < -0.39 is 5.92 Å². The second-order valence-corrected chi connectivity index (χ2v) is 8.67. The first-order chi connectivity index (χ1) is 16.0. The minimum atomic E-state index is -0.621. The summed E-state index contributed by atoms with van der Waals surface area (Å²) >= 11 is 9.49. The minimum Gasteiger partial charge on any atom is -0.493 e. The van der Waals surface area contributed by atoms with E-state index in [9.17, 15) is 0 Å². The first-order valence-corrected chi connectivity index (χ1v) is 11.5. The summed E-state index contributed by atoms with van der Waals surface area (Å²) in [6.45, 7) is 0. The van der Waals surface area contributed by atoms with E-state index in [-0.39, 0.29) is 23.6 Å². The lowest BCUT2D eigenvalue weighted by atomic mass is 9.77. The van der Waals surface area contributed by atoms with Crippen molar-refractivity contribution in [2.45, 2.75) is 17.7 Å². The van der Waals surface area contributed by atoms with Gasteiger partial charge in [0.1, 0.15) is 17.5 Å². The highest BCUT2D eigenvalue weighted by atomic mass is 79.9. The summed E-state index contributed by atoms with van der Waals surface area (Å²) in [5.74, 6) is 1.57. The van der Waals surface area contributed by atoms with Gasteiger partial charge in [-0.15, -0.1) is 11.6 Å². The predicted molar refractivity (Wildman–Crippen MR) is 128 cm³/mol. The third-order valence-electron chi connectivity index (χ3n) is 5.76. The van der Waals surface area contributed by atoms with Crippen LogP contribution in [0.1, 0.15) is 34.7 Å². The van der Waals surface area contributed by atoms with Gasteiger partial charge in [-0.2, -0.15) is 4.98 Å². The third kappa shape index (κ3) is 3.63. The molecule has 4 aromatic rings. The van der Waals surface area contributed by atoms with E-state index >= 15 is 0 Å². The molecule has 1 N–H and O–H groups in total. The van der Waals surface area contributed by atoms with Gasteiger partial charge in [-0.25, -0.2) is 0 Å². The Morgan fingerprint density at radius 3 is 2.64 bits per heavy atom. The van der Waals surface area contributed by atoms with Gasteiger partial charge in [-0.05, 0) is 39.0 Å². The van der Waals surface area contributed by atoms with E-state index in [1.54, 1.807) is 14.2 Å². The van der Waals surface area contributed by atoms with Crippen molar-refractivity contribution >= 4 is 44.2 Å². The van der Waals surface area contributed by atoms with Crippen LogP contribution in [-0.4, -0.2) is 30.3 Å². The third-order valence-corrected chi connectivity index (χ3v) is 6.58. The Kier molecular flexibility index (Phi) is 5.72. The van der Waals surface area contributed by atoms with Crippen LogP contribution in [0.2, 0.25) is 0 Å². The molecule has 168 valence electrons. The molecule has 3 aromatic carbocycles. The standard InChI is InChI=1S/C24H19BrClN3O4/c1-30-17-10-13(9-16(25)22(17)31-2)19-15-8-7-12-5-3-4-6-14(12)21(15)32-23(27)20(19)24-28-18(11-26)33-29-24/h3-10,19-20,27H,11H2,1-2H3. The molecule has 0 fully saturated rings. The van der Waals surface area contributed by atoms with Gasteiger partial charge in [-0.3, -0.25) is 5.41 Å². The lowest BCUT2D eigenvalue weighted by Gasteiger charge is -2.33. The molecule has 0 saturated carbocycles. The summed E-state index contributed by atoms with van der Waals surface area (Å²) in [5.41, 5.74) is 1.79. The maximum atomic E-state index is 8.82. The Balaban J connectivity index is 1.78. The number of nitrogens with one attached hydrogen (secondary N) is 1. The quantitative estimate of drug-likeness (QED) is 0.318. The Labute approximate surface area is 203 Å². The van der Waals surface area contributed by atoms with E-state index in [1.807, 2.05) is 48.5 Å². The van der Waals surface area contributed by atoms with Crippen molar-refractivity contribution in [1.82, 2.24) is 10.1 Å². The van der Waals surface area contributed by atoms with Gasteiger partial charge in [-0.1, -0.05) is 41.6 Å². The van der Waals surface area contributed by atoms with Gasteiger partial charge in [0.15, 0.2) is 23.2 Å². The lowest BCUT2D eigenvalue weighted by Crippen LogP contribution is -2.31. The van der Waals surface area contributed by atoms with Gasteiger partial charge >= 0.3 is 0 Å². The fourth-order valence-corrected chi connectivity index (χ4v) is 5.06. The van der Waals surface area contributed by atoms with Gasteiger partial charge in [0.25, 0.3) is 0 Å². The Morgan fingerprint density at radius 2 is 1.91 bits per heavy atom. The van der Waals surface area contributed by atoms with Crippen molar-refractivity contribution < 1.29 is 18.7 Å². The molecule has 7 nitrogen and oxygen atoms in total. The zero-order chi connectivity index (χ0) is 23.1. The molecule has 2 unspecified atom stereocenters. The normalized spacial score (nSPS) is 17.5. The van der Waals surface area contributed by atoms with E-state index in [4.69, 9.17) is 35.7 Å². The van der Waals surface area contributed by atoms with Crippen molar-refractivity contribution in [3.63, 3.8) is 0 Å². The van der Waals surface area contributed by atoms with Gasteiger partial charge in [0, 0.05) is 16.9 Å². The molecule has 2 atom stereocenters. The Bertz CT molecular complexity index is 1370. The highest BCUT2D eigenvalue weighted by Gasteiger charge is 2.41. The molecule has 0 spiro atoms. The summed E-state index contributed by atoms with van der Waals surface area (Å²) in [4.78, 5) is 4.41. The summed E-state index contributed by atoms with van der Waals surface area (Å²) in [7, 11) is 3.18. The van der Waals surface area contributed by atoms with Crippen LogP contribution < -0.4 is 14.2 Å². The molecule has 2 heterocycles. The molecule has 5 rings (SSSR count). The van der Waals surface area contributed by atoms with Crippen LogP contribution in [0, 0.1) is 5.41 Å². The van der Waals surface area contributed by atoms with Gasteiger partial charge in [0.05, 0.1) is 18.7 Å². The van der Waals surface area contributed by atoms with Crippen LogP contribution in [0.5, 0.6) is 17.2 Å². The van der Waals surface area contributed by atoms with Crippen molar-refractivity contribution in [2.75, 3.05) is 14.2 Å². The number of benzene rings is 3. The molecule has 1 aliphatic heterocycles. The minimum absolute atomic E-state index is 0.0247. The van der Waals surface area contributed by atoms with Crippen LogP contribution in [0.3, 0.4) is 0 Å². The summed E-state index contributed by atoms with van der Waals surface area (Å²) in [5, 5.41) is 14.9. The average Bonchev–Trinajstić information content (AvgIpc) is 3.31. The van der Waals surface area contributed by atoms with Gasteiger partial charge < -0.3 is 18.7 Å². The Morgan fingerprint density at radius 1 is 1.09 bits per heavy atom. The van der Waals surface area contributed by atoms with Crippen molar-refractivity contribution in [3.8, 4) is 17.2 Å². The molecule has 0 bridgehead atoms. The molecule has 0 radical (unpaired) electrons. The number of fused-ring (bicyclic) bond motifs is 3. The highest BCUT2D eigenvalue weighted by molar-refractivity contribution is 9.10. The van der Waals surface area contributed by atoms with Crippen LogP contribution in [0.15, 0.2) is 57.5 Å². The lowest BCUT2D eigenvalue weighted by molar-refractivity contribution is 0.352. The van der Waals surface area contributed by atoms with Crippen LogP contribution in [0.4, 0.5) is 0 Å². The molecule has 0 saturated heterocycles. The molecular weight excluding hydrogens is 510 g/mol. The molecule has 33 heavy (non-hydrogen) atoms. The summed E-state index contributed by atoms with van der Waals surface area (Å²) in [6, 6.07) is 15.9. The fraction of sp³-hybridized carbons (Fsp3) is 0.208. The summed E-state index contributed by atoms with van der Waals surface area (Å²) in [6.07, 6.45) is 0. The van der Waals surface area contributed by atoms with Crippen LogP contribution >= 0.6 is 27.5 Å². The molecule has 9 heteroatoms. The first kappa shape index (κ1) is 21.7. The zero-order valence-electron chi connectivity index (χ0n) is 17.8. The Hall–Kier alpha value is -3.10. The van der Waals surface area contributed by atoms with E-state index in [0.29, 0.717) is 23.1 Å². The first-order valence-electron chi connectivity index (χ1n) is 10.1. The number of rotatable bonds is 5. The molecule has 0 amide bonds. The SMILES string of the molecule is COc1cc(C2c3ccc4ccccc4c3OC(=N)C2c2noc(CCl)n2)cc(Br)c1OC. The second kappa shape index (κ2) is 8.68. The van der Waals surface area contributed by atoms with Crippen molar-refractivity contribution in [3.05, 3.63) is 75.8 Å². The van der Waals surface area contributed by atoms with Crippen LogP contribution in [-0.2, 0) is 5.88 Å². The predicted octanol–water partition coefficient (Wildman–Crippen LogP) is 6.03. The summed E-state index contributed by atoms with van der Waals surface area (Å²) < 4.78 is 23.2. The number of alkyl halides is 1. The van der Waals surface area contributed by atoms with Crippen molar-refractivity contribution in [1.29, 1.82) is 5.41 Å². The molecular formula is C24H19BrClN3O4. The largest absolute Gasteiger partial charge is 0.493 e. The fourth-order valence-electron chi connectivity index (χ4n) is 4.33. The highest BCUT2D eigenvalue weighted by Crippen LogP contribution is 2.50. The van der Waals surface area contributed by atoms with E-state index in [0.717, 1.165) is 26.4 Å². The number of hydrogen-bond acceptors (Lipinski definition) is 7. The molecule has 0 aliphatic carbocycles. The monoisotopic (exact) mass is 527 g/mol. The maximum Gasteiger partial charge on any atom is 0.241 e. The molecule has 1 aliphatic rings. The van der Waals surface area contributed by atoms with E-state index in [1.165, 1.54) is 0 Å². The number of hydrogen-bond donors (Lipinski definition) is 1. The number of ether oxygens (including phenoxy) is 3. The maximum absolute atomic E-state index is 8.82. The van der Waals surface area contributed by atoms with Crippen LogP contribution in [0.25, 0.3) is 10.8 Å². The average molecular weight is 529 g/mol.